The van der Waals surface area contributed by atoms with Crippen LogP contribution in [0.4, 0.5) is 0 Å². The number of hydrogen-bond donors (Lipinski definition) is 9. The van der Waals surface area contributed by atoms with Crippen molar-refractivity contribution in [3.05, 3.63) is 29.8 Å². The summed E-state index contributed by atoms with van der Waals surface area (Å²) in [5.74, 6) is -3.99. The van der Waals surface area contributed by atoms with E-state index in [0.29, 0.717) is 31.2 Å². The number of carboxylic acid groups (broad SMARTS) is 1. The number of phenolic OH excluding ortho intramolecular Hbond substituents is 1. The molecule has 1 heterocycles. The van der Waals surface area contributed by atoms with E-state index in [0.717, 1.165) is 25.8 Å². The summed E-state index contributed by atoms with van der Waals surface area (Å²) in [5.41, 5.74) is 10.7. The molecule has 0 bridgehead atoms. The Morgan fingerprint density at radius 2 is 1.54 bits per heavy atom. The van der Waals surface area contributed by atoms with Crippen LogP contribution in [-0.2, 0) is 35.2 Å². The third-order valence-corrected chi connectivity index (χ3v) is 9.74. The van der Waals surface area contributed by atoms with Crippen molar-refractivity contribution in [3.63, 3.8) is 0 Å². The Bertz CT molecular complexity index is 1510. The van der Waals surface area contributed by atoms with E-state index in [1.54, 1.807) is 32.9 Å². The quantitative estimate of drug-likeness (QED) is 0.0408. The van der Waals surface area contributed by atoms with Gasteiger partial charge in [0.1, 0.15) is 36.0 Å². The average molecular weight is 802 g/mol. The van der Waals surface area contributed by atoms with Gasteiger partial charge in [-0.3, -0.25) is 29.0 Å². The van der Waals surface area contributed by atoms with Crippen molar-refractivity contribution >= 4 is 41.5 Å². The number of carbonyl (C=O) groups is 6. The van der Waals surface area contributed by atoms with Gasteiger partial charge in [-0.05, 0) is 87.6 Å². The Balaban J connectivity index is 2.32. The fourth-order valence-corrected chi connectivity index (χ4v) is 6.68. The van der Waals surface area contributed by atoms with E-state index in [2.05, 4.69) is 31.6 Å². The van der Waals surface area contributed by atoms with E-state index in [1.807, 2.05) is 20.9 Å². The molecule has 0 aliphatic carbocycles. The first-order valence-electron chi connectivity index (χ1n) is 20.1. The van der Waals surface area contributed by atoms with Crippen LogP contribution >= 0.6 is 0 Å². The molecule has 0 spiro atoms. The number of aliphatic imine (C=N–C) groups is 1. The van der Waals surface area contributed by atoms with Gasteiger partial charge in [-0.1, -0.05) is 59.6 Å². The molecule has 1 aromatic carbocycles. The number of likely N-dealkylation sites (tertiary alicyclic amines) is 1. The van der Waals surface area contributed by atoms with Gasteiger partial charge in [0, 0.05) is 25.9 Å². The Hall–Kier alpha value is -4.93. The minimum absolute atomic E-state index is 0.00668. The number of aromatic hydroxyl groups is 1. The lowest BCUT2D eigenvalue weighted by molar-refractivity contribution is -0.143. The number of benzene rings is 1. The molecular formula is C40H67N9O8. The number of nitrogens with one attached hydrogen (secondary N) is 5. The zero-order chi connectivity index (χ0) is 42.7. The second-order valence-corrected chi connectivity index (χ2v) is 16.3. The standard InChI is InChI=1S/C40H67N9O8/c1-25(2)23-30(38(56)57)47-36(54)33(40(3,4)5)48-34(52)29(24-26-16-18-27(50)19-17-26)46-35(53)31-14-12-22-49(31)37(55)28(13-11-21-44-39(41)42)45-32(51)15-9-7-8-10-20-43-6/h16-19,25,28-31,33,43,50H,7-15,20-24H2,1-6H3,(H,45,51)(H,46,53)(H,47,54)(H,48,52)(H,56,57)(H4,41,42,44)/t28-,29-,30-,31-,33+/m0/s1. The molecule has 1 aliphatic heterocycles. The maximum atomic E-state index is 14.1. The third-order valence-electron chi connectivity index (χ3n) is 9.74. The van der Waals surface area contributed by atoms with Gasteiger partial charge in [0.25, 0.3) is 0 Å². The first-order valence-corrected chi connectivity index (χ1v) is 20.1. The van der Waals surface area contributed by atoms with Crippen LogP contribution < -0.4 is 38.1 Å². The van der Waals surface area contributed by atoms with Crippen molar-refractivity contribution in [2.75, 3.05) is 26.7 Å². The van der Waals surface area contributed by atoms with E-state index in [4.69, 9.17) is 11.5 Å². The van der Waals surface area contributed by atoms with E-state index < -0.39 is 65.2 Å². The Labute approximate surface area is 336 Å². The molecular weight excluding hydrogens is 734 g/mol. The summed E-state index contributed by atoms with van der Waals surface area (Å²) < 4.78 is 0. The maximum absolute atomic E-state index is 14.1. The van der Waals surface area contributed by atoms with Gasteiger partial charge in [0.05, 0.1) is 0 Å². The predicted molar refractivity (Wildman–Crippen MR) is 218 cm³/mol. The number of aliphatic carboxylic acids is 1. The number of nitrogens with two attached hydrogens (primary N) is 2. The lowest BCUT2D eigenvalue weighted by Crippen LogP contribution is -2.61. The highest BCUT2D eigenvalue weighted by Crippen LogP contribution is 2.23. The molecule has 1 saturated heterocycles. The number of unbranched alkanes of at least 4 members (excludes halogenated alkanes) is 3. The molecule has 0 saturated carbocycles. The Kier molecular flexibility index (Phi) is 20.3. The van der Waals surface area contributed by atoms with Crippen LogP contribution in [0.1, 0.15) is 104 Å². The molecule has 57 heavy (non-hydrogen) atoms. The van der Waals surface area contributed by atoms with Gasteiger partial charge >= 0.3 is 5.97 Å². The first kappa shape index (κ1) is 48.2. The lowest BCUT2D eigenvalue weighted by atomic mass is 9.85. The van der Waals surface area contributed by atoms with Gasteiger partial charge in [-0.2, -0.15) is 0 Å². The first-order chi connectivity index (χ1) is 26.8. The molecule has 5 amide bonds. The summed E-state index contributed by atoms with van der Waals surface area (Å²) in [6.45, 7) is 10.2. The predicted octanol–water partition coefficient (Wildman–Crippen LogP) is 1.27. The summed E-state index contributed by atoms with van der Waals surface area (Å²) in [5, 5.41) is 33.7. The molecule has 5 atom stereocenters. The summed E-state index contributed by atoms with van der Waals surface area (Å²) in [6.07, 6.45) is 5.35. The van der Waals surface area contributed by atoms with Gasteiger partial charge in [-0.15, -0.1) is 0 Å². The maximum Gasteiger partial charge on any atom is 0.326 e. The van der Waals surface area contributed by atoms with Crippen LogP contribution in [0.5, 0.6) is 5.75 Å². The number of phenols is 1. The molecule has 320 valence electrons. The van der Waals surface area contributed by atoms with E-state index in [1.165, 1.54) is 17.0 Å². The molecule has 1 aromatic rings. The third kappa shape index (κ3) is 17.4. The van der Waals surface area contributed by atoms with E-state index in [-0.39, 0.29) is 62.3 Å². The van der Waals surface area contributed by atoms with Crippen LogP contribution in [0.15, 0.2) is 29.3 Å². The average Bonchev–Trinajstić information content (AvgIpc) is 3.63. The molecule has 0 radical (unpaired) electrons. The minimum Gasteiger partial charge on any atom is -0.508 e. The van der Waals surface area contributed by atoms with Crippen LogP contribution in [0.2, 0.25) is 0 Å². The summed E-state index contributed by atoms with van der Waals surface area (Å²) in [4.78, 5) is 86.2. The molecule has 0 aromatic heterocycles. The zero-order valence-corrected chi connectivity index (χ0v) is 34.6. The largest absolute Gasteiger partial charge is 0.508 e. The van der Waals surface area contributed by atoms with Gasteiger partial charge < -0.3 is 53.2 Å². The Morgan fingerprint density at radius 3 is 2.14 bits per heavy atom. The number of hydrogen-bond acceptors (Lipinski definition) is 9. The number of nitrogens with zero attached hydrogens (tertiary/aromatic N) is 2. The smallest absolute Gasteiger partial charge is 0.326 e. The van der Waals surface area contributed by atoms with Gasteiger partial charge in [0.2, 0.25) is 29.5 Å². The summed E-state index contributed by atoms with van der Waals surface area (Å²) in [7, 11) is 1.89. The molecule has 2 rings (SSSR count). The monoisotopic (exact) mass is 802 g/mol. The molecule has 1 aliphatic rings. The highest BCUT2D eigenvalue weighted by Gasteiger charge is 2.40. The zero-order valence-electron chi connectivity index (χ0n) is 34.6. The van der Waals surface area contributed by atoms with Crippen molar-refractivity contribution in [1.82, 2.24) is 31.5 Å². The topological polar surface area (TPSA) is 271 Å². The van der Waals surface area contributed by atoms with E-state index >= 15 is 0 Å². The fraction of sp³-hybridized carbons (Fsp3) is 0.675. The van der Waals surface area contributed by atoms with Crippen molar-refractivity contribution < 1.29 is 39.0 Å². The Morgan fingerprint density at radius 1 is 0.877 bits per heavy atom. The molecule has 17 nitrogen and oxygen atoms in total. The fourth-order valence-electron chi connectivity index (χ4n) is 6.68. The van der Waals surface area contributed by atoms with Crippen LogP contribution in [0.25, 0.3) is 0 Å². The number of guanidine groups is 1. The van der Waals surface area contributed by atoms with Crippen LogP contribution in [0.3, 0.4) is 0 Å². The molecule has 11 N–H and O–H groups in total. The van der Waals surface area contributed by atoms with Crippen molar-refractivity contribution in [2.45, 2.75) is 135 Å². The SMILES string of the molecule is CNCCCCCCC(=O)N[C@@H](CCCN=C(N)N)C(=O)N1CCC[C@H]1C(=O)N[C@@H](Cc1ccc(O)cc1)C(=O)N[C@H](C(=O)N[C@@H](CC(C)C)C(=O)O)C(C)(C)C. The minimum atomic E-state index is -1.23. The molecule has 1 fully saturated rings. The van der Waals surface area contributed by atoms with E-state index in [9.17, 15) is 39.0 Å². The normalized spacial score (nSPS) is 16.2. The molecule has 0 unspecified atom stereocenters. The second-order valence-electron chi connectivity index (χ2n) is 16.3. The van der Waals surface area contributed by atoms with Crippen LogP contribution in [0, 0.1) is 11.3 Å². The highest BCUT2D eigenvalue weighted by atomic mass is 16.4. The molecule has 17 heteroatoms. The number of carboxylic acids is 1. The summed E-state index contributed by atoms with van der Waals surface area (Å²) in [6, 6.07) is 0.618. The van der Waals surface area contributed by atoms with Crippen molar-refractivity contribution in [3.8, 4) is 5.75 Å². The lowest BCUT2D eigenvalue weighted by Gasteiger charge is -2.33. The van der Waals surface area contributed by atoms with Gasteiger partial charge in [0.15, 0.2) is 5.96 Å². The highest BCUT2D eigenvalue weighted by molar-refractivity contribution is 5.96. The van der Waals surface area contributed by atoms with Crippen molar-refractivity contribution in [2.24, 2.45) is 27.8 Å². The number of carbonyl (C=O) groups excluding carboxylic acids is 5. The number of rotatable bonds is 24. The second kappa shape index (κ2) is 24.0. The van der Waals surface area contributed by atoms with Crippen LogP contribution in [-0.4, -0.2) is 113 Å². The van der Waals surface area contributed by atoms with Gasteiger partial charge in [-0.25, -0.2) is 4.79 Å². The summed E-state index contributed by atoms with van der Waals surface area (Å²) >= 11 is 0. The number of amides is 5. The van der Waals surface area contributed by atoms with Crippen molar-refractivity contribution in [1.29, 1.82) is 0 Å².